The highest BCUT2D eigenvalue weighted by Gasteiger charge is 2.70. The van der Waals surface area contributed by atoms with Crippen LogP contribution >= 0.6 is 34.5 Å². The number of carbonyl (C=O) groups is 3. The first-order chi connectivity index (χ1) is 18.9. The van der Waals surface area contributed by atoms with Gasteiger partial charge >= 0.3 is 0 Å². The molecule has 3 aliphatic rings. The monoisotopic (exact) mass is 570 g/mol. The summed E-state index contributed by atoms with van der Waals surface area (Å²) >= 11 is 14.2. The van der Waals surface area contributed by atoms with E-state index in [1.165, 1.54) is 11.3 Å². The summed E-state index contributed by atoms with van der Waals surface area (Å²) in [6, 6.07) is 21.7. The number of hydrogen-bond donors (Lipinski definition) is 1. The van der Waals surface area contributed by atoms with Gasteiger partial charge in [-0.1, -0.05) is 71.8 Å². The van der Waals surface area contributed by atoms with E-state index in [9.17, 15) is 14.4 Å². The molecule has 0 bridgehead atoms. The van der Waals surface area contributed by atoms with Crippen LogP contribution in [0, 0.1) is 5.92 Å². The number of thiophene rings is 1. The molecule has 1 saturated heterocycles. The molecule has 7 rings (SSSR count). The van der Waals surface area contributed by atoms with E-state index < -0.39 is 23.4 Å². The van der Waals surface area contributed by atoms with Gasteiger partial charge in [0.05, 0.1) is 21.9 Å². The van der Waals surface area contributed by atoms with Crippen molar-refractivity contribution in [3.05, 3.63) is 122 Å². The van der Waals surface area contributed by atoms with E-state index in [1.54, 1.807) is 36.4 Å². The van der Waals surface area contributed by atoms with E-state index in [2.05, 4.69) is 5.32 Å². The summed E-state index contributed by atoms with van der Waals surface area (Å²) in [4.78, 5) is 45.9. The Labute approximate surface area is 238 Å². The number of hydrogen-bond acceptors (Lipinski definition) is 5. The molecule has 4 atom stereocenters. The predicted octanol–water partition coefficient (Wildman–Crippen LogP) is 6.91. The molecule has 5 nitrogen and oxygen atoms in total. The molecule has 192 valence electrons. The maximum Gasteiger partial charge on any atom is 0.238 e. The van der Waals surface area contributed by atoms with Gasteiger partial charge in [-0.3, -0.25) is 14.4 Å². The molecule has 0 unspecified atom stereocenters. The smallest absolute Gasteiger partial charge is 0.238 e. The van der Waals surface area contributed by atoms with Gasteiger partial charge < -0.3 is 10.2 Å². The Hall–Kier alpha value is -3.71. The summed E-state index contributed by atoms with van der Waals surface area (Å²) < 4.78 is 0. The zero-order valence-corrected chi connectivity index (χ0v) is 22.6. The number of para-hydroxylation sites is 1. The quantitative estimate of drug-likeness (QED) is 0.271. The Morgan fingerprint density at radius 1 is 0.923 bits per heavy atom. The lowest BCUT2D eigenvalue weighted by molar-refractivity contribution is -0.121. The molecular formula is C31H20Cl2N2O3S. The Morgan fingerprint density at radius 3 is 2.51 bits per heavy atom. The number of amides is 1. The molecule has 39 heavy (non-hydrogen) atoms. The SMILES string of the molecule is O=C(c1cccs1)[C@@H]1[C@@H](C(=O)c2ccccc2Cl)[C@]2(C(=O)Nc3ccccc32)[C@H]2C=Cc3cc(Cl)ccc3N12. The molecule has 1 aromatic heterocycles. The highest BCUT2D eigenvalue weighted by atomic mass is 35.5. The van der Waals surface area contributed by atoms with Crippen LogP contribution in [0.3, 0.4) is 0 Å². The molecular weight excluding hydrogens is 551 g/mol. The average Bonchev–Trinajstić information content (AvgIpc) is 3.65. The number of carbonyl (C=O) groups excluding carboxylic acids is 3. The van der Waals surface area contributed by atoms with Crippen molar-refractivity contribution in [1.82, 2.24) is 0 Å². The maximum atomic E-state index is 14.7. The van der Waals surface area contributed by atoms with Gasteiger partial charge in [0.25, 0.3) is 0 Å². The Kier molecular flexibility index (Phi) is 5.56. The summed E-state index contributed by atoms with van der Waals surface area (Å²) in [5, 5.41) is 5.69. The lowest BCUT2D eigenvalue weighted by atomic mass is 9.64. The largest absolute Gasteiger partial charge is 0.352 e. The summed E-state index contributed by atoms with van der Waals surface area (Å²) in [5.41, 5.74) is 1.80. The summed E-state index contributed by atoms with van der Waals surface area (Å²) in [6.07, 6.45) is 3.85. The van der Waals surface area contributed by atoms with Gasteiger partial charge in [0.15, 0.2) is 11.6 Å². The Morgan fingerprint density at radius 2 is 1.72 bits per heavy atom. The van der Waals surface area contributed by atoms with E-state index >= 15 is 0 Å². The fourth-order valence-corrected chi connectivity index (χ4v) is 7.65. The van der Waals surface area contributed by atoms with Crippen LogP contribution in [0.25, 0.3) is 6.08 Å². The zero-order chi connectivity index (χ0) is 26.9. The van der Waals surface area contributed by atoms with Crippen molar-refractivity contribution in [1.29, 1.82) is 0 Å². The molecule has 1 spiro atoms. The van der Waals surface area contributed by atoms with Crippen molar-refractivity contribution in [3.8, 4) is 0 Å². The lowest BCUT2D eigenvalue weighted by Gasteiger charge is -2.37. The van der Waals surface area contributed by atoms with Gasteiger partial charge in [-0.15, -0.1) is 11.3 Å². The minimum Gasteiger partial charge on any atom is -0.352 e. The number of fused-ring (bicyclic) bond motifs is 6. The minimum atomic E-state index is -1.38. The first kappa shape index (κ1) is 24.3. The van der Waals surface area contributed by atoms with Crippen LogP contribution in [-0.4, -0.2) is 29.6 Å². The van der Waals surface area contributed by atoms with Crippen molar-refractivity contribution in [3.63, 3.8) is 0 Å². The zero-order valence-electron chi connectivity index (χ0n) is 20.3. The first-order valence-corrected chi connectivity index (χ1v) is 14.1. The number of benzene rings is 3. The standard InChI is InChI=1S/C31H20Cl2N2O3S/c32-18-12-13-23-17(16-18)11-14-25-31(20-7-2-4-9-22(20)34-30(31)38)26(28(36)19-6-1-3-8-21(19)33)27(35(23)25)29(37)24-10-5-15-39-24/h1-16,25-27H,(H,34,38)/t25-,26+,27+,31-/m1/s1. The molecule has 0 radical (unpaired) electrons. The topological polar surface area (TPSA) is 66.5 Å². The number of rotatable bonds is 4. The lowest BCUT2D eigenvalue weighted by Crippen LogP contribution is -2.51. The third-order valence-corrected chi connectivity index (χ3v) is 9.50. The normalized spacial score (nSPS) is 24.3. The summed E-state index contributed by atoms with van der Waals surface area (Å²) in [7, 11) is 0. The Balaban J connectivity index is 1.56. The number of Topliss-reactive ketones (excluding diaryl/α,β-unsaturated/α-hetero) is 2. The summed E-state index contributed by atoms with van der Waals surface area (Å²) in [6.45, 7) is 0. The Bertz CT molecular complexity index is 1720. The van der Waals surface area contributed by atoms with E-state index in [0.29, 0.717) is 21.2 Å². The molecule has 1 amide bonds. The van der Waals surface area contributed by atoms with Gasteiger partial charge in [0.2, 0.25) is 5.91 Å². The van der Waals surface area contributed by atoms with Crippen LogP contribution in [0.15, 0.2) is 90.3 Å². The van der Waals surface area contributed by atoms with Crippen LogP contribution in [-0.2, 0) is 10.2 Å². The van der Waals surface area contributed by atoms with E-state index in [1.807, 2.05) is 64.9 Å². The molecule has 8 heteroatoms. The highest BCUT2D eigenvalue weighted by Crippen LogP contribution is 2.58. The molecule has 3 aliphatic heterocycles. The van der Waals surface area contributed by atoms with Crippen molar-refractivity contribution >= 4 is 69.5 Å². The van der Waals surface area contributed by atoms with E-state index in [4.69, 9.17) is 23.2 Å². The number of nitrogens with one attached hydrogen (secondary N) is 1. The number of nitrogens with zero attached hydrogens (tertiary/aromatic N) is 1. The fourth-order valence-electron chi connectivity index (χ4n) is 6.54. The highest BCUT2D eigenvalue weighted by molar-refractivity contribution is 7.12. The average molecular weight is 571 g/mol. The van der Waals surface area contributed by atoms with Crippen LogP contribution in [0.2, 0.25) is 10.0 Å². The van der Waals surface area contributed by atoms with Gasteiger partial charge in [0, 0.05) is 22.0 Å². The second-order valence-corrected chi connectivity index (χ2v) is 11.7. The van der Waals surface area contributed by atoms with Crippen molar-refractivity contribution in [2.45, 2.75) is 17.5 Å². The van der Waals surface area contributed by atoms with E-state index in [0.717, 1.165) is 11.3 Å². The molecule has 0 saturated carbocycles. The minimum absolute atomic E-state index is 0.217. The van der Waals surface area contributed by atoms with Crippen LogP contribution in [0.5, 0.6) is 0 Å². The number of halogens is 2. The predicted molar refractivity (Wildman–Crippen MR) is 155 cm³/mol. The molecule has 4 aromatic rings. The molecule has 0 aliphatic carbocycles. The second kappa shape index (κ2) is 8.91. The van der Waals surface area contributed by atoms with Crippen LogP contribution in [0.1, 0.15) is 31.2 Å². The molecule has 3 aromatic carbocycles. The van der Waals surface area contributed by atoms with Crippen molar-refractivity contribution in [2.24, 2.45) is 5.92 Å². The van der Waals surface area contributed by atoms with Crippen molar-refractivity contribution < 1.29 is 14.4 Å². The van der Waals surface area contributed by atoms with E-state index in [-0.39, 0.29) is 28.1 Å². The third kappa shape index (κ3) is 3.35. The van der Waals surface area contributed by atoms with Gasteiger partial charge in [-0.05, 0) is 59.0 Å². The summed E-state index contributed by atoms with van der Waals surface area (Å²) in [5.74, 6) is -1.94. The maximum absolute atomic E-state index is 14.7. The third-order valence-electron chi connectivity index (χ3n) is 8.05. The second-order valence-electron chi connectivity index (χ2n) is 9.89. The van der Waals surface area contributed by atoms with Gasteiger partial charge in [0.1, 0.15) is 11.5 Å². The molecule has 1 fully saturated rings. The number of anilines is 2. The van der Waals surface area contributed by atoms with Crippen LogP contribution < -0.4 is 10.2 Å². The van der Waals surface area contributed by atoms with Crippen molar-refractivity contribution in [2.75, 3.05) is 10.2 Å². The van der Waals surface area contributed by atoms with Gasteiger partial charge in [-0.2, -0.15) is 0 Å². The van der Waals surface area contributed by atoms with Crippen LogP contribution in [0.4, 0.5) is 11.4 Å². The number of ketones is 2. The molecule has 1 N–H and O–H groups in total. The van der Waals surface area contributed by atoms with Gasteiger partial charge in [-0.25, -0.2) is 0 Å². The first-order valence-electron chi connectivity index (χ1n) is 12.5. The fraction of sp³-hybridized carbons (Fsp3) is 0.129. The molecule has 4 heterocycles.